The predicted octanol–water partition coefficient (Wildman–Crippen LogP) is 2.09. The molecule has 1 saturated heterocycles. The maximum Gasteiger partial charge on any atom is 0.220 e. The molecule has 1 atom stereocenters. The molecule has 1 aliphatic carbocycles. The van der Waals surface area contributed by atoms with Crippen LogP contribution in [0.15, 0.2) is 0 Å². The first-order valence-electron chi connectivity index (χ1n) is 8.13. The molecule has 1 aliphatic heterocycles. The molecule has 2 rings (SSSR count). The van der Waals surface area contributed by atoms with Crippen LogP contribution >= 0.6 is 0 Å². The van der Waals surface area contributed by atoms with E-state index in [1.165, 1.54) is 12.8 Å². The summed E-state index contributed by atoms with van der Waals surface area (Å²) in [6.45, 7) is 9.21. The molecular formula is C16H30N2O2. The monoisotopic (exact) mass is 282 g/mol. The van der Waals surface area contributed by atoms with E-state index in [-0.39, 0.29) is 11.3 Å². The minimum atomic E-state index is 0.202. The van der Waals surface area contributed by atoms with Crippen molar-refractivity contribution in [3.8, 4) is 0 Å². The van der Waals surface area contributed by atoms with Crippen molar-refractivity contribution in [3.05, 3.63) is 0 Å². The van der Waals surface area contributed by atoms with E-state index < -0.39 is 0 Å². The third-order valence-corrected chi connectivity index (χ3v) is 4.90. The summed E-state index contributed by atoms with van der Waals surface area (Å²) in [7, 11) is 0. The van der Waals surface area contributed by atoms with Crippen LogP contribution in [-0.4, -0.2) is 37.7 Å². The van der Waals surface area contributed by atoms with Gasteiger partial charge in [-0.3, -0.25) is 4.79 Å². The summed E-state index contributed by atoms with van der Waals surface area (Å²) >= 11 is 0. The number of nitrogens with one attached hydrogen (secondary N) is 2. The Morgan fingerprint density at radius 2 is 2.15 bits per heavy atom. The lowest BCUT2D eigenvalue weighted by atomic mass is 9.77. The fraction of sp³-hybridized carbons (Fsp3) is 0.938. The Morgan fingerprint density at radius 1 is 1.40 bits per heavy atom. The maximum absolute atomic E-state index is 12.0. The van der Waals surface area contributed by atoms with Crippen LogP contribution in [0.3, 0.4) is 0 Å². The molecule has 0 aromatic carbocycles. The molecule has 2 fully saturated rings. The number of carbonyl (C=O) groups excluding carboxylic acids is 1. The van der Waals surface area contributed by atoms with Gasteiger partial charge in [0, 0.05) is 25.6 Å². The average molecular weight is 282 g/mol. The van der Waals surface area contributed by atoms with E-state index in [9.17, 15) is 4.79 Å². The van der Waals surface area contributed by atoms with Gasteiger partial charge in [-0.05, 0) is 50.5 Å². The highest BCUT2D eigenvalue weighted by atomic mass is 16.5. The van der Waals surface area contributed by atoms with Crippen molar-refractivity contribution >= 4 is 5.91 Å². The van der Waals surface area contributed by atoms with E-state index in [0.717, 1.165) is 32.5 Å². The van der Waals surface area contributed by atoms with Crippen molar-refractivity contribution in [3.63, 3.8) is 0 Å². The third kappa shape index (κ3) is 4.19. The Hall–Kier alpha value is -0.610. The van der Waals surface area contributed by atoms with Crippen molar-refractivity contribution in [1.29, 1.82) is 0 Å². The molecular weight excluding hydrogens is 252 g/mol. The number of hydrogen-bond donors (Lipinski definition) is 2. The highest BCUT2D eigenvalue weighted by Gasteiger charge is 2.33. The lowest BCUT2D eigenvalue weighted by Gasteiger charge is -2.39. The van der Waals surface area contributed by atoms with Crippen molar-refractivity contribution in [2.45, 2.75) is 65.0 Å². The van der Waals surface area contributed by atoms with Gasteiger partial charge in [0.2, 0.25) is 5.91 Å². The smallest absolute Gasteiger partial charge is 0.220 e. The Morgan fingerprint density at radius 3 is 2.80 bits per heavy atom. The van der Waals surface area contributed by atoms with E-state index in [4.69, 9.17) is 4.74 Å². The molecule has 0 spiro atoms. The van der Waals surface area contributed by atoms with Crippen molar-refractivity contribution in [2.24, 2.45) is 11.3 Å². The van der Waals surface area contributed by atoms with Crippen LogP contribution in [0, 0.1) is 11.3 Å². The average Bonchev–Trinajstić information content (AvgIpc) is 2.34. The van der Waals surface area contributed by atoms with E-state index in [0.29, 0.717) is 24.5 Å². The molecule has 0 aromatic heterocycles. The van der Waals surface area contributed by atoms with Crippen LogP contribution in [0.4, 0.5) is 0 Å². The van der Waals surface area contributed by atoms with Crippen LogP contribution in [0.2, 0.25) is 0 Å². The SMILES string of the molecule is CCOC1CC(CC(=O)NCC2NCCCC2(C)C)C1. The predicted molar refractivity (Wildman–Crippen MR) is 80.6 cm³/mol. The van der Waals surface area contributed by atoms with Gasteiger partial charge in [0.25, 0.3) is 0 Å². The minimum absolute atomic E-state index is 0.202. The van der Waals surface area contributed by atoms with Gasteiger partial charge in [0.05, 0.1) is 6.10 Å². The quantitative estimate of drug-likeness (QED) is 0.784. The summed E-state index contributed by atoms with van der Waals surface area (Å²) in [6, 6.07) is 0.401. The lowest BCUT2D eigenvalue weighted by molar-refractivity contribution is -0.124. The standard InChI is InChI=1S/C16H30N2O2/c1-4-20-13-8-12(9-13)10-15(19)18-11-14-16(2,3)6-5-7-17-14/h12-14,17H,4-11H2,1-3H3,(H,18,19). The van der Waals surface area contributed by atoms with Crippen LogP contribution in [0.5, 0.6) is 0 Å². The summed E-state index contributed by atoms with van der Waals surface area (Å²) in [5.41, 5.74) is 0.280. The first-order valence-corrected chi connectivity index (χ1v) is 8.13. The number of piperidine rings is 1. The molecule has 1 heterocycles. The molecule has 1 saturated carbocycles. The number of ether oxygens (including phenoxy) is 1. The molecule has 4 heteroatoms. The molecule has 1 amide bonds. The highest BCUT2D eigenvalue weighted by molar-refractivity contribution is 5.76. The Kier molecular flexibility index (Phi) is 5.44. The summed E-state index contributed by atoms with van der Waals surface area (Å²) in [6.07, 6.45) is 5.63. The van der Waals surface area contributed by atoms with Gasteiger partial charge in [0.1, 0.15) is 0 Å². The van der Waals surface area contributed by atoms with Gasteiger partial charge in [0.15, 0.2) is 0 Å². The number of amides is 1. The number of carbonyl (C=O) groups is 1. The van der Waals surface area contributed by atoms with Crippen molar-refractivity contribution in [2.75, 3.05) is 19.7 Å². The Balaban J connectivity index is 1.63. The molecule has 0 radical (unpaired) electrons. The zero-order valence-electron chi connectivity index (χ0n) is 13.2. The van der Waals surface area contributed by atoms with E-state index in [1.54, 1.807) is 0 Å². The maximum atomic E-state index is 12.0. The zero-order valence-corrected chi connectivity index (χ0v) is 13.2. The molecule has 20 heavy (non-hydrogen) atoms. The van der Waals surface area contributed by atoms with Crippen LogP contribution in [0.25, 0.3) is 0 Å². The van der Waals surface area contributed by atoms with Gasteiger partial charge in [-0.1, -0.05) is 13.8 Å². The van der Waals surface area contributed by atoms with Crippen LogP contribution in [0.1, 0.15) is 52.9 Å². The summed E-state index contributed by atoms with van der Waals surface area (Å²) < 4.78 is 5.53. The summed E-state index contributed by atoms with van der Waals surface area (Å²) in [5.74, 6) is 0.729. The molecule has 0 bridgehead atoms. The summed E-state index contributed by atoms with van der Waals surface area (Å²) in [5, 5.41) is 6.65. The van der Waals surface area contributed by atoms with E-state index in [2.05, 4.69) is 24.5 Å². The molecule has 4 nitrogen and oxygen atoms in total. The molecule has 2 N–H and O–H groups in total. The first kappa shape index (κ1) is 15.8. The fourth-order valence-electron chi connectivity index (χ4n) is 3.38. The van der Waals surface area contributed by atoms with E-state index in [1.807, 2.05) is 6.92 Å². The number of hydrogen-bond acceptors (Lipinski definition) is 3. The highest BCUT2D eigenvalue weighted by Crippen LogP contribution is 2.33. The fourth-order valence-corrected chi connectivity index (χ4v) is 3.38. The Bertz CT molecular complexity index is 324. The lowest BCUT2D eigenvalue weighted by Crippen LogP contribution is -2.53. The van der Waals surface area contributed by atoms with Crippen molar-refractivity contribution < 1.29 is 9.53 Å². The van der Waals surface area contributed by atoms with Gasteiger partial charge < -0.3 is 15.4 Å². The summed E-state index contributed by atoms with van der Waals surface area (Å²) in [4.78, 5) is 12.0. The second-order valence-corrected chi connectivity index (χ2v) is 7.02. The van der Waals surface area contributed by atoms with Gasteiger partial charge in [-0.2, -0.15) is 0 Å². The zero-order chi connectivity index (χ0) is 14.6. The second kappa shape index (κ2) is 6.90. The van der Waals surface area contributed by atoms with Gasteiger partial charge in [-0.25, -0.2) is 0 Å². The normalized spacial score (nSPS) is 32.5. The molecule has 1 unspecified atom stereocenters. The Labute approximate surface area is 123 Å². The minimum Gasteiger partial charge on any atom is -0.378 e. The van der Waals surface area contributed by atoms with E-state index >= 15 is 0 Å². The second-order valence-electron chi connectivity index (χ2n) is 7.02. The molecule has 0 aromatic rings. The van der Waals surface area contributed by atoms with Crippen molar-refractivity contribution in [1.82, 2.24) is 10.6 Å². The topological polar surface area (TPSA) is 50.4 Å². The van der Waals surface area contributed by atoms with Gasteiger partial charge in [-0.15, -0.1) is 0 Å². The van der Waals surface area contributed by atoms with Gasteiger partial charge >= 0.3 is 0 Å². The first-order chi connectivity index (χ1) is 9.51. The van der Waals surface area contributed by atoms with Crippen LogP contribution in [-0.2, 0) is 9.53 Å². The molecule has 2 aliphatic rings. The largest absolute Gasteiger partial charge is 0.378 e. The molecule has 116 valence electrons. The third-order valence-electron chi connectivity index (χ3n) is 4.90. The number of rotatable bonds is 6. The van der Waals surface area contributed by atoms with Crippen LogP contribution < -0.4 is 10.6 Å².